The molecule has 1 aromatic carbocycles. The van der Waals surface area contributed by atoms with E-state index in [0.29, 0.717) is 17.0 Å². The second kappa shape index (κ2) is 8.12. The van der Waals surface area contributed by atoms with Gasteiger partial charge in [0.2, 0.25) is 5.91 Å². The lowest BCUT2D eigenvalue weighted by Gasteiger charge is -2.08. The molecule has 2 aromatic rings. The van der Waals surface area contributed by atoms with Crippen molar-refractivity contribution in [3.63, 3.8) is 0 Å². The minimum atomic E-state index is -0.457. The number of halogens is 1. The van der Waals surface area contributed by atoms with Crippen LogP contribution in [0.25, 0.3) is 6.08 Å². The maximum atomic E-state index is 11.9. The molecule has 0 radical (unpaired) electrons. The van der Waals surface area contributed by atoms with E-state index in [2.05, 4.69) is 10.3 Å². The fourth-order valence-electron chi connectivity index (χ4n) is 1.87. The van der Waals surface area contributed by atoms with E-state index in [9.17, 15) is 9.59 Å². The molecule has 0 aliphatic heterocycles. The summed E-state index contributed by atoms with van der Waals surface area (Å²) in [5.74, 6) is -0.0736. The molecule has 0 bridgehead atoms. The van der Waals surface area contributed by atoms with Gasteiger partial charge < -0.3 is 14.8 Å². The Morgan fingerprint density at radius 3 is 2.67 bits per heavy atom. The molecule has 0 spiro atoms. The molecule has 0 aliphatic carbocycles. The highest BCUT2D eigenvalue weighted by atomic mass is 35.5. The van der Waals surface area contributed by atoms with Gasteiger partial charge in [-0.3, -0.25) is 9.59 Å². The average molecular weight is 347 g/mol. The van der Waals surface area contributed by atoms with Crippen molar-refractivity contribution in [1.29, 1.82) is 0 Å². The largest absolute Gasteiger partial charge is 0.493 e. The van der Waals surface area contributed by atoms with Gasteiger partial charge >= 0.3 is 5.97 Å². The van der Waals surface area contributed by atoms with Crippen molar-refractivity contribution in [2.24, 2.45) is 0 Å². The molecule has 0 saturated heterocycles. The van der Waals surface area contributed by atoms with E-state index in [4.69, 9.17) is 21.1 Å². The van der Waals surface area contributed by atoms with Crippen LogP contribution in [0, 0.1) is 0 Å². The normalized spacial score (nSPS) is 10.5. The van der Waals surface area contributed by atoms with Crippen molar-refractivity contribution in [1.82, 2.24) is 4.98 Å². The standard InChI is InChI=1S/C17H15ClN2O4/c1-11(21)24-15-9-12(3-5-14(15)23-2)4-6-17(22)20-13-7-8-19-16(18)10-13/h3-10H,1-2H3,(H,19,20,22). The zero-order valence-corrected chi connectivity index (χ0v) is 13.8. The molecular formula is C17H15ClN2O4. The van der Waals surface area contributed by atoms with E-state index in [1.807, 2.05) is 0 Å². The lowest BCUT2D eigenvalue weighted by Crippen LogP contribution is -2.07. The number of rotatable bonds is 5. The number of hydrogen-bond donors (Lipinski definition) is 1. The summed E-state index contributed by atoms with van der Waals surface area (Å²) in [5, 5.41) is 2.95. The van der Waals surface area contributed by atoms with E-state index in [1.54, 1.807) is 36.4 Å². The smallest absolute Gasteiger partial charge is 0.308 e. The number of carbonyl (C=O) groups excluding carboxylic acids is 2. The minimum Gasteiger partial charge on any atom is -0.493 e. The molecule has 0 aliphatic rings. The van der Waals surface area contributed by atoms with Crippen LogP contribution >= 0.6 is 11.6 Å². The van der Waals surface area contributed by atoms with Crippen LogP contribution in [0.4, 0.5) is 5.69 Å². The molecule has 1 aromatic heterocycles. The van der Waals surface area contributed by atoms with Crippen molar-refractivity contribution in [2.75, 3.05) is 12.4 Å². The Labute approximate surface area is 144 Å². The number of hydrogen-bond acceptors (Lipinski definition) is 5. The van der Waals surface area contributed by atoms with Crippen molar-refractivity contribution >= 4 is 35.2 Å². The highest BCUT2D eigenvalue weighted by Crippen LogP contribution is 2.28. The molecule has 24 heavy (non-hydrogen) atoms. The number of esters is 1. The Kier molecular flexibility index (Phi) is 5.92. The molecular weight excluding hydrogens is 332 g/mol. The van der Waals surface area contributed by atoms with Crippen LogP contribution in [0.3, 0.4) is 0 Å². The highest BCUT2D eigenvalue weighted by Gasteiger charge is 2.07. The fraction of sp³-hybridized carbons (Fsp3) is 0.118. The number of benzene rings is 1. The average Bonchev–Trinajstić information content (AvgIpc) is 2.52. The third-order valence-corrected chi connectivity index (χ3v) is 3.07. The third kappa shape index (κ3) is 5.10. The summed E-state index contributed by atoms with van der Waals surface area (Å²) in [6.45, 7) is 1.30. The van der Waals surface area contributed by atoms with Crippen LogP contribution in [0.1, 0.15) is 12.5 Å². The van der Waals surface area contributed by atoms with Gasteiger partial charge in [-0.15, -0.1) is 0 Å². The number of carbonyl (C=O) groups is 2. The van der Waals surface area contributed by atoms with E-state index in [1.165, 1.54) is 26.3 Å². The summed E-state index contributed by atoms with van der Waals surface area (Å²) < 4.78 is 10.2. The first-order valence-electron chi connectivity index (χ1n) is 6.95. The highest BCUT2D eigenvalue weighted by molar-refractivity contribution is 6.29. The number of nitrogens with zero attached hydrogens (tertiary/aromatic N) is 1. The van der Waals surface area contributed by atoms with Crippen molar-refractivity contribution in [3.8, 4) is 11.5 Å². The molecule has 1 N–H and O–H groups in total. The van der Waals surface area contributed by atoms with E-state index in [-0.39, 0.29) is 16.8 Å². The van der Waals surface area contributed by atoms with Gasteiger partial charge in [-0.25, -0.2) is 4.98 Å². The van der Waals surface area contributed by atoms with Crippen LogP contribution < -0.4 is 14.8 Å². The van der Waals surface area contributed by atoms with Gasteiger partial charge in [-0.05, 0) is 35.9 Å². The molecule has 0 atom stereocenters. The Balaban J connectivity index is 2.10. The second-order valence-corrected chi connectivity index (χ2v) is 5.08. The van der Waals surface area contributed by atoms with Crippen LogP contribution in [-0.4, -0.2) is 24.0 Å². The minimum absolute atomic E-state index is 0.286. The lowest BCUT2D eigenvalue weighted by atomic mass is 10.2. The molecule has 2 rings (SSSR count). The van der Waals surface area contributed by atoms with Gasteiger partial charge in [0.1, 0.15) is 5.15 Å². The molecule has 0 unspecified atom stereocenters. The summed E-state index contributed by atoms with van der Waals surface area (Å²) in [6.07, 6.45) is 4.44. The Hall–Kier alpha value is -2.86. The molecule has 7 heteroatoms. The number of nitrogens with one attached hydrogen (secondary N) is 1. The monoisotopic (exact) mass is 346 g/mol. The number of anilines is 1. The molecule has 0 saturated carbocycles. The predicted octanol–water partition coefficient (Wildman–Crippen LogP) is 3.32. The maximum absolute atomic E-state index is 11.9. The fourth-order valence-corrected chi connectivity index (χ4v) is 2.04. The lowest BCUT2D eigenvalue weighted by molar-refractivity contribution is -0.132. The molecule has 6 nitrogen and oxygen atoms in total. The van der Waals surface area contributed by atoms with Gasteiger partial charge in [0, 0.05) is 24.9 Å². The second-order valence-electron chi connectivity index (χ2n) is 4.69. The SMILES string of the molecule is COc1ccc(C=CC(=O)Nc2ccnc(Cl)c2)cc1OC(C)=O. The van der Waals surface area contributed by atoms with Gasteiger partial charge in [0.25, 0.3) is 0 Å². The maximum Gasteiger partial charge on any atom is 0.308 e. The zero-order valence-electron chi connectivity index (χ0n) is 13.1. The topological polar surface area (TPSA) is 77.5 Å². The van der Waals surface area contributed by atoms with Gasteiger partial charge in [-0.1, -0.05) is 17.7 Å². The van der Waals surface area contributed by atoms with Crippen LogP contribution in [0.15, 0.2) is 42.6 Å². The molecule has 0 fully saturated rings. The Morgan fingerprint density at radius 1 is 1.21 bits per heavy atom. The number of methoxy groups -OCH3 is 1. The third-order valence-electron chi connectivity index (χ3n) is 2.86. The van der Waals surface area contributed by atoms with Crippen LogP contribution in [0.2, 0.25) is 5.15 Å². The van der Waals surface area contributed by atoms with E-state index >= 15 is 0 Å². The van der Waals surface area contributed by atoms with E-state index in [0.717, 1.165) is 0 Å². The van der Waals surface area contributed by atoms with Crippen molar-refractivity contribution in [3.05, 3.63) is 53.3 Å². The Morgan fingerprint density at radius 2 is 2.00 bits per heavy atom. The first kappa shape index (κ1) is 17.5. The van der Waals surface area contributed by atoms with Gasteiger partial charge in [0.15, 0.2) is 11.5 Å². The quantitative estimate of drug-likeness (QED) is 0.389. The van der Waals surface area contributed by atoms with Crippen molar-refractivity contribution < 1.29 is 19.1 Å². The number of aromatic nitrogens is 1. The van der Waals surface area contributed by atoms with Crippen molar-refractivity contribution in [2.45, 2.75) is 6.92 Å². The first-order valence-corrected chi connectivity index (χ1v) is 7.33. The zero-order chi connectivity index (χ0) is 17.5. The summed E-state index contributed by atoms with van der Waals surface area (Å²) in [7, 11) is 1.48. The number of amides is 1. The number of pyridine rings is 1. The van der Waals surface area contributed by atoms with Gasteiger partial charge in [0.05, 0.1) is 7.11 Å². The predicted molar refractivity (Wildman–Crippen MR) is 91.2 cm³/mol. The molecule has 124 valence electrons. The summed E-state index contributed by atoms with van der Waals surface area (Å²) in [5.41, 5.74) is 1.22. The first-order chi connectivity index (χ1) is 11.5. The summed E-state index contributed by atoms with van der Waals surface area (Å²) >= 11 is 5.76. The van der Waals surface area contributed by atoms with E-state index < -0.39 is 5.97 Å². The van der Waals surface area contributed by atoms with Gasteiger partial charge in [-0.2, -0.15) is 0 Å². The summed E-state index contributed by atoms with van der Waals surface area (Å²) in [6, 6.07) is 8.16. The molecule has 1 heterocycles. The summed E-state index contributed by atoms with van der Waals surface area (Å²) in [4.78, 5) is 26.9. The molecule has 1 amide bonds. The van der Waals surface area contributed by atoms with Crippen LogP contribution in [0.5, 0.6) is 11.5 Å². The number of ether oxygens (including phenoxy) is 2. The Bertz CT molecular complexity index is 790. The van der Waals surface area contributed by atoms with Crippen LogP contribution in [-0.2, 0) is 9.59 Å².